The van der Waals surface area contributed by atoms with Gasteiger partial charge in [-0.1, -0.05) is 73.9 Å². The molecule has 0 spiro atoms. The van der Waals surface area contributed by atoms with Crippen LogP contribution in [0.5, 0.6) is 0 Å². The molecule has 0 bridgehead atoms. The van der Waals surface area contributed by atoms with Crippen molar-refractivity contribution in [1.29, 1.82) is 0 Å². The minimum absolute atomic E-state index is 0.759. The van der Waals surface area contributed by atoms with Gasteiger partial charge >= 0.3 is 0 Å². The van der Waals surface area contributed by atoms with Crippen molar-refractivity contribution in [3.63, 3.8) is 0 Å². The van der Waals surface area contributed by atoms with Gasteiger partial charge in [-0.2, -0.15) is 4.57 Å². The van der Waals surface area contributed by atoms with Gasteiger partial charge in [-0.05, 0) is 24.3 Å². The number of hydrogen-bond acceptors (Lipinski definition) is 1. The Hall–Kier alpha value is -6.94. The molecule has 366 valence electrons. The van der Waals surface area contributed by atoms with E-state index in [0.29, 0.717) is 0 Å². The molecule has 7 aromatic rings. The maximum Gasteiger partial charge on any atom is 0.200 e. The molecular formula is C47H25BF20N2. The zero-order valence-corrected chi connectivity index (χ0v) is 34.8. The van der Waals surface area contributed by atoms with Crippen molar-refractivity contribution in [2.75, 3.05) is 0 Å². The SMILES string of the molecule is Fc1c(F)c(F)c([B-](c2c(F)c(F)c(F)c(F)c2F)(c2c(F)c(F)c(F)c(F)c2F)c2c(F)c(F)c(F)c(F)c2F)c(F)c1F.c1ccc(C[n+]2ccnc(-c3ccc(C4CCCCC4)cc3)c2)cc1. The molecule has 0 unspecified atom stereocenters. The van der Waals surface area contributed by atoms with Crippen molar-refractivity contribution in [3.8, 4) is 11.3 Å². The van der Waals surface area contributed by atoms with E-state index in [4.69, 9.17) is 0 Å². The van der Waals surface area contributed by atoms with Gasteiger partial charge < -0.3 is 0 Å². The Morgan fingerprint density at radius 3 is 1.07 bits per heavy atom. The van der Waals surface area contributed by atoms with E-state index in [9.17, 15) is 52.7 Å². The zero-order valence-electron chi connectivity index (χ0n) is 34.8. The third kappa shape index (κ3) is 8.49. The van der Waals surface area contributed by atoms with Gasteiger partial charge in [0, 0.05) is 11.1 Å². The van der Waals surface area contributed by atoms with Gasteiger partial charge in [0.05, 0.1) is 6.20 Å². The summed E-state index contributed by atoms with van der Waals surface area (Å²) >= 11 is 0. The number of aromatic nitrogens is 2. The molecular weight excluding hydrogens is 983 g/mol. The first-order valence-electron chi connectivity index (χ1n) is 20.3. The average molecular weight is 1010 g/mol. The molecule has 1 saturated carbocycles. The molecule has 0 N–H and O–H groups in total. The topological polar surface area (TPSA) is 16.8 Å². The Morgan fingerprint density at radius 2 is 0.729 bits per heavy atom. The van der Waals surface area contributed by atoms with Crippen LogP contribution in [-0.2, 0) is 6.54 Å². The maximum absolute atomic E-state index is 15.4. The van der Waals surface area contributed by atoms with Crippen LogP contribution >= 0.6 is 0 Å². The van der Waals surface area contributed by atoms with Crippen molar-refractivity contribution in [2.24, 2.45) is 0 Å². The number of benzene rings is 6. The molecule has 6 aromatic carbocycles. The van der Waals surface area contributed by atoms with Crippen LogP contribution in [0.2, 0.25) is 0 Å². The summed E-state index contributed by atoms with van der Waals surface area (Å²) in [7, 11) is 0. The number of hydrogen-bond donors (Lipinski definition) is 0. The van der Waals surface area contributed by atoms with Crippen LogP contribution in [0.4, 0.5) is 87.8 Å². The molecule has 1 aliphatic rings. The smallest absolute Gasteiger partial charge is 0.200 e. The number of halogens is 20. The highest BCUT2D eigenvalue weighted by atomic mass is 19.2. The van der Waals surface area contributed by atoms with E-state index in [1.807, 2.05) is 12.4 Å². The quantitative estimate of drug-likeness (QED) is 0.0487. The van der Waals surface area contributed by atoms with Gasteiger partial charge in [-0.25, -0.2) is 92.8 Å². The molecule has 1 fully saturated rings. The second-order valence-corrected chi connectivity index (χ2v) is 15.9. The van der Waals surface area contributed by atoms with Crippen LogP contribution in [0, 0.1) is 116 Å². The van der Waals surface area contributed by atoms with Crippen molar-refractivity contribution >= 4 is 28.0 Å². The standard InChI is InChI=1S/C24BF20.C23H25N2/c26-5-1(6(27)14(35)21(42)13(5)34)25(2-7(28)15(36)22(43)16(37)8(2)29,3-9(30)17(38)23(44)18(39)10(3)31)4-11(32)19(40)24(45)20(41)12(4)33;1-3-7-19(8-4-1)17-25-16-15-24-23(18-25)22-13-11-21(12-14-22)20-9-5-2-6-10-20/h;1,3-4,7-8,11-16,18,20H,2,5-6,9-10,17H2/q-1;+1. The number of rotatable bonds is 8. The van der Waals surface area contributed by atoms with E-state index >= 15 is 35.1 Å². The molecule has 8 rings (SSSR count). The summed E-state index contributed by atoms with van der Waals surface area (Å²) in [6, 6.07) is 19.6. The highest BCUT2D eigenvalue weighted by Gasteiger charge is 2.52. The lowest BCUT2D eigenvalue weighted by Crippen LogP contribution is -2.81. The first kappa shape index (κ1) is 50.9. The second-order valence-electron chi connectivity index (χ2n) is 15.9. The highest BCUT2D eigenvalue weighted by molar-refractivity contribution is 7.20. The third-order valence-corrected chi connectivity index (χ3v) is 12.0. The Kier molecular flexibility index (Phi) is 14.4. The minimum Gasteiger partial charge on any atom is -0.244 e. The summed E-state index contributed by atoms with van der Waals surface area (Å²) in [5.74, 6) is -70.6. The Labute approximate surface area is 381 Å². The van der Waals surface area contributed by atoms with Crippen molar-refractivity contribution in [3.05, 3.63) is 201 Å². The van der Waals surface area contributed by atoms with Crippen molar-refractivity contribution in [2.45, 2.75) is 44.6 Å². The molecule has 0 amide bonds. The monoisotopic (exact) mass is 1010 g/mol. The van der Waals surface area contributed by atoms with Crippen LogP contribution < -0.4 is 26.4 Å². The molecule has 0 radical (unpaired) electrons. The van der Waals surface area contributed by atoms with Crippen LogP contribution in [0.3, 0.4) is 0 Å². The minimum atomic E-state index is -7.22. The predicted octanol–water partition coefficient (Wildman–Crippen LogP) is 11.0. The zero-order chi connectivity index (χ0) is 51.3. The van der Waals surface area contributed by atoms with Crippen LogP contribution in [-0.4, -0.2) is 11.1 Å². The van der Waals surface area contributed by atoms with E-state index in [2.05, 4.69) is 70.3 Å². The summed E-state index contributed by atoms with van der Waals surface area (Å²) in [6.07, 6.45) is 5.72. The van der Waals surface area contributed by atoms with E-state index in [0.717, 1.165) is 18.2 Å². The third-order valence-electron chi connectivity index (χ3n) is 12.0. The van der Waals surface area contributed by atoms with Crippen LogP contribution in [0.1, 0.15) is 49.1 Å². The number of nitrogens with zero attached hydrogens (tertiary/aromatic N) is 2. The normalized spacial score (nSPS) is 13.1. The fourth-order valence-corrected chi connectivity index (χ4v) is 8.71. The lowest BCUT2D eigenvalue weighted by molar-refractivity contribution is -0.688. The van der Waals surface area contributed by atoms with E-state index in [-0.39, 0.29) is 0 Å². The van der Waals surface area contributed by atoms with Crippen molar-refractivity contribution in [1.82, 2.24) is 4.98 Å². The van der Waals surface area contributed by atoms with Gasteiger partial charge in [0.15, 0.2) is 88.7 Å². The largest absolute Gasteiger partial charge is 0.244 e. The lowest BCUT2D eigenvalue weighted by Gasteiger charge is -2.44. The molecule has 1 heterocycles. The summed E-state index contributed by atoms with van der Waals surface area (Å²) in [6.45, 7) is 0.872. The lowest BCUT2D eigenvalue weighted by atomic mass is 9.12. The molecule has 1 aromatic heterocycles. The molecule has 0 saturated heterocycles. The highest BCUT2D eigenvalue weighted by Crippen LogP contribution is 2.34. The first-order valence-corrected chi connectivity index (χ1v) is 20.3. The van der Waals surface area contributed by atoms with Crippen molar-refractivity contribution < 1.29 is 92.4 Å². The maximum atomic E-state index is 15.4. The van der Waals surface area contributed by atoms with E-state index < -0.39 is 144 Å². The Balaban J connectivity index is 0.000000242. The molecule has 70 heavy (non-hydrogen) atoms. The molecule has 1 aliphatic carbocycles. The van der Waals surface area contributed by atoms with Gasteiger partial charge in [0.2, 0.25) is 0 Å². The second kappa shape index (κ2) is 19.8. The van der Waals surface area contributed by atoms with E-state index in [1.54, 1.807) is 0 Å². The fraction of sp³-hybridized carbons (Fsp3) is 0.149. The summed E-state index contributed by atoms with van der Waals surface area (Å²) in [5.41, 5.74) is -9.30. The van der Waals surface area contributed by atoms with Crippen LogP contribution in [0.25, 0.3) is 11.3 Å². The molecule has 0 atom stereocenters. The van der Waals surface area contributed by atoms with Gasteiger partial charge in [0.1, 0.15) is 58.4 Å². The summed E-state index contributed by atoms with van der Waals surface area (Å²) in [5, 5.41) is 0. The average Bonchev–Trinajstić information content (AvgIpc) is 3.37. The first-order chi connectivity index (χ1) is 33.1. The Bertz CT molecular complexity index is 2780. The fourth-order valence-electron chi connectivity index (χ4n) is 8.71. The molecule has 23 heteroatoms. The summed E-state index contributed by atoms with van der Waals surface area (Å²) in [4.78, 5) is 4.57. The predicted molar refractivity (Wildman–Crippen MR) is 210 cm³/mol. The van der Waals surface area contributed by atoms with Gasteiger partial charge in [0.25, 0.3) is 0 Å². The Morgan fingerprint density at radius 1 is 0.400 bits per heavy atom. The van der Waals surface area contributed by atoms with Gasteiger partial charge in [-0.3, -0.25) is 0 Å². The molecule has 2 nitrogen and oxygen atoms in total. The van der Waals surface area contributed by atoms with Gasteiger partial charge in [-0.15, -0.1) is 21.9 Å². The molecule has 0 aliphatic heterocycles. The summed E-state index contributed by atoms with van der Waals surface area (Å²) < 4.78 is 296. The van der Waals surface area contributed by atoms with Crippen LogP contribution in [0.15, 0.2) is 73.2 Å². The van der Waals surface area contributed by atoms with E-state index in [1.165, 1.54) is 48.8 Å².